The molecule has 0 unspecified atom stereocenters. The molecule has 0 aliphatic carbocycles. The standard InChI is InChI=1S/C20H20BrNO5/c1-13(2)11-19(24)22-15-5-3-14(4-6-15)17(23)12-26-20(25)10-8-16-7-9-18(21)27-16/h3-10,13H,11-12H2,1-2H3,(H,22,24)/b10-8+. The van der Waals surface area contributed by atoms with Gasteiger partial charge in [0.25, 0.3) is 0 Å². The van der Waals surface area contributed by atoms with Crippen molar-refractivity contribution in [3.8, 4) is 0 Å². The van der Waals surface area contributed by atoms with E-state index >= 15 is 0 Å². The molecule has 27 heavy (non-hydrogen) atoms. The third-order valence-electron chi connectivity index (χ3n) is 3.41. The molecular formula is C20H20BrNO5. The van der Waals surface area contributed by atoms with Crippen LogP contribution in [0.25, 0.3) is 6.08 Å². The largest absolute Gasteiger partial charge is 0.454 e. The van der Waals surface area contributed by atoms with E-state index in [1.54, 1.807) is 36.4 Å². The number of furan rings is 1. The van der Waals surface area contributed by atoms with Crippen LogP contribution >= 0.6 is 15.9 Å². The lowest BCUT2D eigenvalue weighted by Gasteiger charge is -2.08. The van der Waals surface area contributed by atoms with Gasteiger partial charge in [0.1, 0.15) is 5.76 Å². The van der Waals surface area contributed by atoms with Crippen LogP contribution in [0.1, 0.15) is 36.4 Å². The Morgan fingerprint density at radius 2 is 1.85 bits per heavy atom. The fourth-order valence-corrected chi connectivity index (χ4v) is 2.48. The fourth-order valence-electron chi connectivity index (χ4n) is 2.16. The summed E-state index contributed by atoms with van der Waals surface area (Å²) < 4.78 is 10.7. The summed E-state index contributed by atoms with van der Waals surface area (Å²) >= 11 is 3.16. The van der Waals surface area contributed by atoms with Gasteiger partial charge in [0, 0.05) is 23.7 Å². The average molecular weight is 434 g/mol. The quantitative estimate of drug-likeness (QED) is 0.377. The lowest BCUT2D eigenvalue weighted by atomic mass is 10.1. The van der Waals surface area contributed by atoms with Crippen LogP contribution in [-0.4, -0.2) is 24.3 Å². The first-order valence-corrected chi connectivity index (χ1v) is 9.16. The average Bonchev–Trinajstić information content (AvgIpc) is 3.03. The molecule has 1 amide bonds. The fraction of sp³-hybridized carbons (Fsp3) is 0.250. The summed E-state index contributed by atoms with van der Waals surface area (Å²) in [5.41, 5.74) is 1.00. The van der Waals surface area contributed by atoms with Crippen molar-refractivity contribution >= 4 is 45.4 Å². The molecule has 2 rings (SSSR count). The number of ether oxygens (including phenoxy) is 1. The number of amides is 1. The van der Waals surface area contributed by atoms with Crippen LogP contribution in [0, 0.1) is 5.92 Å². The lowest BCUT2D eigenvalue weighted by Crippen LogP contribution is -2.14. The van der Waals surface area contributed by atoms with Crippen molar-refractivity contribution in [3.63, 3.8) is 0 Å². The third-order valence-corrected chi connectivity index (χ3v) is 3.83. The molecule has 2 aromatic rings. The number of hydrogen-bond acceptors (Lipinski definition) is 5. The molecule has 0 spiro atoms. The molecule has 0 fully saturated rings. The second kappa shape index (κ2) is 9.87. The van der Waals surface area contributed by atoms with E-state index < -0.39 is 5.97 Å². The van der Waals surface area contributed by atoms with Gasteiger partial charge in [-0.05, 0) is 64.3 Å². The molecule has 142 valence electrons. The first-order chi connectivity index (χ1) is 12.8. The van der Waals surface area contributed by atoms with Crippen molar-refractivity contribution in [2.45, 2.75) is 20.3 Å². The van der Waals surface area contributed by atoms with Crippen LogP contribution in [0.3, 0.4) is 0 Å². The summed E-state index contributed by atoms with van der Waals surface area (Å²) in [5, 5.41) is 2.77. The second-order valence-corrected chi connectivity index (χ2v) is 7.01. The van der Waals surface area contributed by atoms with Crippen molar-refractivity contribution in [2.24, 2.45) is 5.92 Å². The zero-order chi connectivity index (χ0) is 19.8. The van der Waals surface area contributed by atoms with Crippen LogP contribution in [-0.2, 0) is 14.3 Å². The Hall–Kier alpha value is -2.67. The highest BCUT2D eigenvalue weighted by atomic mass is 79.9. The summed E-state index contributed by atoms with van der Waals surface area (Å²) in [7, 11) is 0. The molecule has 1 aromatic heterocycles. The van der Waals surface area contributed by atoms with Gasteiger partial charge in [0.05, 0.1) is 0 Å². The number of hydrogen-bond donors (Lipinski definition) is 1. The first kappa shape index (κ1) is 20.6. The summed E-state index contributed by atoms with van der Waals surface area (Å²) in [6.07, 6.45) is 3.07. The highest BCUT2D eigenvalue weighted by Crippen LogP contribution is 2.15. The van der Waals surface area contributed by atoms with Crippen LogP contribution in [0.5, 0.6) is 0 Å². The topological polar surface area (TPSA) is 85.6 Å². The van der Waals surface area contributed by atoms with Gasteiger partial charge >= 0.3 is 5.97 Å². The summed E-state index contributed by atoms with van der Waals surface area (Å²) in [6.45, 7) is 3.56. The SMILES string of the molecule is CC(C)CC(=O)Nc1ccc(C(=O)COC(=O)/C=C/c2ccc(Br)o2)cc1. The van der Waals surface area contributed by atoms with E-state index in [1.807, 2.05) is 13.8 Å². The molecule has 0 atom stereocenters. The summed E-state index contributed by atoms with van der Waals surface area (Å²) in [6, 6.07) is 9.82. The molecule has 6 nitrogen and oxygen atoms in total. The van der Waals surface area contributed by atoms with E-state index in [1.165, 1.54) is 12.2 Å². The number of carbonyl (C=O) groups is 3. The van der Waals surface area contributed by atoms with Gasteiger partial charge in [-0.3, -0.25) is 9.59 Å². The van der Waals surface area contributed by atoms with Crippen molar-refractivity contribution in [1.29, 1.82) is 0 Å². The lowest BCUT2D eigenvalue weighted by molar-refractivity contribution is -0.136. The number of Topliss-reactive ketones (excluding diaryl/α,β-unsaturated/α-hetero) is 1. The Bertz CT molecular complexity index is 836. The van der Waals surface area contributed by atoms with Crippen LogP contribution in [0.15, 0.2) is 51.6 Å². The maximum Gasteiger partial charge on any atom is 0.331 e. The van der Waals surface area contributed by atoms with E-state index in [0.717, 1.165) is 0 Å². The van der Waals surface area contributed by atoms with E-state index in [0.29, 0.717) is 28.1 Å². The van der Waals surface area contributed by atoms with Crippen molar-refractivity contribution in [3.05, 3.63) is 58.5 Å². The Labute approximate surface area is 165 Å². The molecule has 1 heterocycles. The number of halogens is 1. The normalized spacial score (nSPS) is 11.0. The Morgan fingerprint density at radius 1 is 1.15 bits per heavy atom. The molecule has 0 radical (unpaired) electrons. The maximum atomic E-state index is 12.1. The minimum Gasteiger partial charge on any atom is -0.454 e. The zero-order valence-electron chi connectivity index (χ0n) is 15.0. The number of ketones is 1. The van der Waals surface area contributed by atoms with Crippen molar-refractivity contribution < 1.29 is 23.5 Å². The number of carbonyl (C=O) groups excluding carboxylic acids is 3. The van der Waals surface area contributed by atoms with E-state index in [2.05, 4.69) is 21.2 Å². The third kappa shape index (κ3) is 7.22. The number of benzene rings is 1. The van der Waals surface area contributed by atoms with E-state index in [-0.39, 0.29) is 24.2 Å². The highest BCUT2D eigenvalue weighted by Gasteiger charge is 2.10. The Balaban J connectivity index is 1.82. The van der Waals surface area contributed by atoms with Crippen LogP contribution in [0.4, 0.5) is 5.69 Å². The van der Waals surface area contributed by atoms with Gasteiger partial charge in [-0.15, -0.1) is 0 Å². The molecule has 0 bridgehead atoms. The number of rotatable bonds is 8. The number of anilines is 1. The predicted molar refractivity (Wildman–Crippen MR) is 105 cm³/mol. The molecule has 1 N–H and O–H groups in total. The molecule has 0 aliphatic heterocycles. The van der Waals surface area contributed by atoms with Gasteiger partial charge in [-0.1, -0.05) is 13.8 Å². The van der Waals surface area contributed by atoms with Gasteiger partial charge in [0.2, 0.25) is 5.91 Å². The second-order valence-electron chi connectivity index (χ2n) is 6.23. The molecule has 0 saturated heterocycles. The molecule has 0 aliphatic rings. The number of nitrogens with one attached hydrogen (secondary N) is 1. The van der Waals surface area contributed by atoms with Crippen LogP contribution < -0.4 is 5.32 Å². The molecule has 1 aromatic carbocycles. The zero-order valence-corrected chi connectivity index (χ0v) is 16.6. The van der Waals surface area contributed by atoms with Crippen molar-refractivity contribution in [2.75, 3.05) is 11.9 Å². The van der Waals surface area contributed by atoms with Crippen LogP contribution in [0.2, 0.25) is 0 Å². The van der Waals surface area contributed by atoms with Gasteiger partial charge < -0.3 is 14.5 Å². The predicted octanol–water partition coefficient (Wildman–Crippen LogP) is 4.47. The smallest absolute Gasteiger partial charge is 0.331 e. The molecule has 7 heteroatoms. The minimum atomic E-state index is -0.645. The Morgan fingerprint density at radius 3 is 2.44 bits per heavy atom. The van der Waals surface area contributed by atoms with Gasteiger partial charge in [-0.25, -0.2) is 4.79 Å². The highest BCUT2D eigenvalue weighted by molar-refractivity contribution is 9.10. The monoisotopic (exact) mass is 433 g/mol. The molecular weight excluding hydrogens is 414 g/mol. The van der Waals surface area contributed by atoms with Gasteiger partial charge in [0.15, 0.2) is 17.1 Å². The maximum absolute atomic E-state index is 12.1. The first-order valence-electron chi connectivity index (χ1n) is 8.37. The Kier molecular flexibility index (Phi) is 7.55. The summed E-state index contributed by atoms with van der Waals surface area (Å²) in [4.78, 5) is 35.5. The van der Waals surface area contributed by atoms with E-state index in [4.69, 9.17) is 9.15 Å². The van der Waals surface area contributed by atoms with Crippen molar-refractivity contribution in [1.82, 2.24) is 0 Å². The van der Waals surface area contributed by atoms with Gasteiger partial charge in [-0.2, -0.15) is 0 Å². The summed E-state index contributed by atoms with van der Waals surface area (Å²) in [5.74, 6) is -0.302. The number of esters is 1. The molecule has 0 saturated carbocycles. The van der Waals surface area contributed by atoms with E-state index in [9.17, 15) is 14.4 Å². The minimum absolute atomic E-state index is 0.0756.